The molecule has 5 nitrogen and oxygen atoms in total. The molecule has 0 aliphatic carbocycles. The Morgan fingerprint density at radius 1 is 1.28 bits per heavy atom. The average Bonchev–Trinajstić information content (AvgIpc) is 2.61. The van der Waals surface area contributed by atoms with E-state index in [2.05, 4.69) is 31.5 Å². The first-order chi connectivity index (χ1) is 8.35. The summed E-state index contributed by atoms with van der Waals surface area (Å²) >= 11 is 3.20. The van der Waals surface area contributed by atoms with Crippen LogP contribution in [0.25, 0.3) is 11.4 Å². The van der Waals surface area contributed by atoms with E-state index in [9.17, 15) is 13.2 Å². The number of anilines is 1. The van der Waals surface area contributed by atoms with Gasteiger partial charge in [-0.25, -0.2) is 4.68 Å². The van der Waals surface area contributed by atoms with Crippen molar-refractivity contribution >= 4 is 21.6 Å². The average molecular weight is 322 g/mol. The number of rotatable bonds is 2. The van der Waals surface area contributed by atoms with E-state index < -0.39 is 12.7 Å². The lowest BCUT2D eigenvalue weighted by Gasteiger charge is -2.08. The van der Waals surface area contributed by atoms with Crippen molar-refractivity contribution < 1.29 is 13.2 Å². The lowest BCUT2D eigenvalue weighted by molar-refractivity contribution is -0.142. The van der Waals surface area contributed by atoms with E-state index in [1.165, 1.54) is 6.07 Å². The number of nitrogens with zero attached hydrogens (tertiary/aromatic N) is 4. The van der Waals surface area contributed by atoms with Gasteiger partial charge in [0.2, 0.25) is 0 Å². The van der Waals surface area contributed by atoms with Gasteiger partial charge in [-0.15, -0.1) is 5.10 Å². The molecule has 2 rings (SSSR count). The highest BCUT2D eigenvalue weighted by molar-refractivity contribution is 9.10. The number of benzene rings is 1. The zero-order valence-corrected chi connectivity index (χ0v) is 10.4. The van der Waals surface area contributed by atoms with E-state index in [4.69, 9.17) is 5.73 Å². The fourth-order valence-corrected chi connectivity index (χ4v) is 1.94. The molecule has 0 atom stereocenters. The van der Waals surface area contributed by atoms with Gasteiger partial charge in [0.1, 0.15) is 6.54 Å². The first-order valence-corrected chi connectivity index (χ1v) is 5.54. The molecule has 0 aliphatic rings. The second-order valence-electron chi connectivity index (χ2n) is 3.55. The molecule has 9 heteroatoms. The largest absolute Gasteiger partial charge is 0.408 e. The van der Waals surface area contributed by atoms with Gasteiger partial charge in [0.05, 0.1) is 0 Å². The van der Waals surface area contributed by atoms with Crippen molar-refractivity contribution in [1.29, 1.82) is 0 Å². The molecule has 0 saturated heterocycles. The second-order valence-corrected chi connectivity index (χ2v) is 4.46. The molecular weight excluding hydrogens is 315 g/mol. The summed E-state index contributed by atoms with van der Waals surface area (Å²) in [4.78, 5) is 0. The van der Waals surface area contributed by atoms with Gasteiger partial charge in [-0.1, -0.05) is 15.9 Å². The van der Waals surface area contributed by atoms with E-state index >= 15 is 0 Å². The maximum atomic E-state index is 12.3. The minimum Gasteiger partial charge on any atom is -0.399 e. The molecule has 0 fully saturated rings. The Morgan fingerprint density at radius 3 is 2.61 bits per heavy atom. The molecule has 0 saturated carbocycles. The second kappa shape index (κ2) is 4.56. The van der Waals surface area contributed by atoms with Crippen LogP contribution in [0.5, 0.6) is 0 Å². The summed E-state index contributed by atoms with van der Waals surface area (Å²) in [5.41, 5.74) is 6.43. The third-order valence-corrected chi connectivity index (χ3v) is 2.50. The molecule has 18 heavy (non-hydrogen) atoms. The molecule has 0 aliphatic heterocycles. The van der Waals surface area contributed by atoms with E-state index in [1.807, 2.05) is 0 Å². The van der Waals surface area contributed by atoms with Crippen LogP contribution in [0.4, 0.5) is 18.9 Å². The summed E-state index contributed by atoms with van der Waals surface area (Å²) in [5.74, 6) is 0.0142. The molecule has 1 aromatic heterocycles. The van der Waals surface area contributed by atoms with Crippen LogP contribution in [0.3, 0.4) is 0 Å². The predicted octanol–water partition coefficient (Wildman–Crippen LogP) is 2.25. The van der Waals surface area contributed by atoms with Gasteiger partial charge in [0.15, 0.2) is 5.82 Å². The first kappa shape index (κ1) is 12.8. The van der Waals surface area contributed by atoms with Crippen LogP contribution in [-0.2, 0) is 6.54 Å². The SMILES string of the molecule is Nc1cc(Br)cc(-c2nnnn2CC(F)(F)F)c1. The molecule has 0 spiro atoms. The number of tetrazole rings is 1. The van der Waals surface area contributed by atoms with Crippen LogP contribution < -0.4 is 5.73 Å². The zero-order chi connectivity index (χ0) is 13.3. The lowest BCUT2D eigenvalue weighted by Crippen LogP contribution is -2.19. The lowest BCUT2D eigenvalue weighted by atomic mass is 10.2. The summed E-state index contributed by atoms with van der Waals surface area (Å²) in [7, 11) is 0. The molecule has 0 unspecified atom stereocenters. The zero-order valence-electron chi connectivity index (χ0n) is 8.82. The van der Waals surface area contributed by atoms with E-state index in [0.717, 1.165) is 0 Å². The Labute approximate surface area is 108 Å². The maximum Gasteiger partial charge on any atom is 0.408 e. The van der Waals surface area contributed by atoms with Crippen molar-refractivity contribution in [2.24, 2.45) is 0 Å². The Morgan fingerprint density at radius 2 is 2.00 bits per heavy atom. The monoisotopic (exact) mass is 321 g/mol. The Kier molecular flexibility index (Phi) is 3.24. The number of nitrogen functional groups attached to an aromatic ring is 1. The van der Waals surface area contributed by atoms with Crippen LogP contribution in [0.2, 0.25) is 0 Å². The number of hydrogen-bond acceptors (Lipinski definition) is 4. The van der Waals surface area contributed by atoms with Gasteiger partial charge in [-0.2, -0.15) is 13.2 Å². The first-order valence-electron chi connectivity index (χ1n) is 4.74. The van der Waals surface area contributed by atoms with Crippen LogP contribution in [0.1, 0.15) is 0 Å². The third-order valence-electron chi connectivity index (χ3n) is 2.04. The summed E-state index contributed by atoms with van der Waals surface area (Å²) in [6.07, 6.45) is -4.39. The minimum atomic E-state index is -4.39. The number of hydrogen-bond donors (Lipinski definition) is 1. The fourth-order valence-electron chi connectivity index (χ4n) is 1.43. The highest BCUT2D eigenvalue weighted by atomic mass is 79.9. The van der Waals surface area contributed by atoms with E-state index in [0.29, 0.717) is 20.4 Å². The van der Waals surface area contributed by atoms with Gasteiger partial charge < -0.3 is 5.73 Å². The summed E-state index contributed by atoms with van der Waals surface area (Å²) in [6, 6.07) is 4.72. The molecule has 0 radical (unpaired) electrons. The van der Waals surface area contributed by atoms with Crippen LogP contribution in [-0.4, -0.2) is 26.4 Å². The van der Waals surface area contributed by atoms with Crippen LogP contribution in [0.15, 0.2) is 22.7 Å². The highest BCUT2D eigenvalue weighted by Gasteiger charge is 2.30. The molecule has 96 valence electrons. The smallest absolute Gasteiger partial charge is 0.399 e. The number of nitrogens with two attached hydrogens (primary N) is 1. The predicted molar refractivity (Wildman–Crippen MR) is 61.4 cm³/mol. The van der Waals surface area contributed by atoms with Gasteiger partial charge in [-0.05, 0) is 28.6 Å². The Bertz CT molecular complexity index is 545. The van der Waals surface area contributed by atoms with Crippen LogP contribution >= 0.6 is 15.9 Å². The van der Waals surface area contributed by atoms with Gasteiger partial charge in [0, 0.05) is 15.7 Å². The number of halogens is 4. The quantitative estimate of drug-likeness (QED) is 0.861. The summed E-state index contributed by atoms with van der Waals surface area (Å²) in [6.45, 7) is -1.25. The Hall–Kier alpha value is -1.64. The molecule has 2 N–H and O–H groups in total. The molecule has 0 amide bonds. The highest BCUT2D eigenvalue weighted by Crippen LogP contribution is 2.26. The van der Waals surface area contributed by atoms with E-state index in [1.54, 1.807) is 12.1 Å². The third kappa shape index (κ3) is 2.97. The molecule has 0 bridgehead atoms. The van der Waals surface area contributed by atoms with Gasteiger partial charge >= 0.3 is 6.18 Å². The summed E-state index contributed by atoms with van der Waals surface area (Å²) in [5, 5.41) is 10.1. The molecule has 1 heterocycles. The van der Waals surface area contributed by atoms with Crippen molar-refractivity contribution in [1.82, 2.24) is 20.2 Å². The molecule has 1 aromatic carbocycles. The maximum absolute atomic E-state index is 12.3. The number of alkyl halides is 3. The van der Waals surface area contributed by atoms with Crippen molar-refractivity contribution in [3.63, 3.8) is 0 Å². The topological polar surface area (TPSA) is 69.6 Å². The van der Waals surface area contributed by atoms with Crippen molar-refractivity contribution in [2.45, 2.75) is 12.7 Å². The number of aromatic nitrogens is 4. The minimum absolute atomic E-state index is 0.0142. The van der Waals surface area contributed by atoms with E-state index in [-0.39, 0.29) is 5.82 Å². The molecular formula is C9H7BrF3N5. The normalized spacial score (nSPS) is 11.8. The van der Waals surface area contributed by atoms with Gasteiger partial charge in [0.25, 0.3) is 0 Å². The van der Waals surface area contributed by atoms with Crippen molar-refractivity contribution in [3.05, 3.63) is 22.7 Å². The molecule has 2 aromatic rings. The Balaban J connectivity index is 2.42. The summed E-state index contributed by atoms with van der Waals surface area (Å²) < 4.78 is 38.3. The fraction of sp³-hybridized carbons (Fsp3) is 0.222. The van der Waals surface area contributed by atoms with Crippen molar-refractivity contribution in [2.75, 3.05) is 5.73 Å². The standard InChI is InChI=1S/C9H7BrF3N5/c10-6-1-5(2-7(14)3-6)8-15-16-17-18(8)4-9(11,12)13/h1-3H,4,14H2. The van der Waals surface area contributed by atoms with Crippen molar-refractivity contribution in [3.8, 4) is 11.4 Å². The van der Waals surface area contributed by atoms with Gasteiger partial charge in [-0.3, -0.25) is 0 Å². The van der Waals surface area contributed by atoms with Crippen LogP contribution in [0, 0.1) is 0 Å².